The molecule has 0 aromatic carbocycles. The lowest BCUT2D eigenvalue weighted by Crippen LogP contribution is -2.55. The number of carbonyl (C=O) groups excluding carboxylic acids is 3. The van der Waals surface area contributed by atoms with Crippen molar-refractivity contribution in [2.75, 3.05) is 26.7 Å². The third-order valence-corrected chi connectivity index (χ3v) is 4.62. The Hall–Kier alpha value is -2.58. The smallest absolute Gasteiger partial charge is 0.407 e. The van der Waals surface area contributed by atoms with Gasteiger partial charge in [-0.25, -0.2) is 4.79 Å². The van der Waals surface area contributed by atoms with Gasteiger partial charge >= 0.3 is 17.9 Å². The van der Waals surface area contributed by atoms with Crippen molar-refractivity contribution < 1.29 is 19.1 Å². The molecule has 2 N–H and O–H groups in total. The Bertz CT molecular complexity index is 622. The Morgan fingerprint density at radius 1 is 1.38 bits per heavy atom. The van der Waals surface area contributed by atoms with Crippen molar-refractivity contribution in [1.29, 1.82) is 0 Å². The van der Waals surface area contributed by atoms with E-state index < -0.39 is 23.5 Å². The third-order valence-electron chi connectivity index (χ3n) is 4.62. The molecule has 0 aliphatic carbocycles. The van der Waals surface area contributed by atoms with Gasteiger partial charge in [-0.1, -0.05) is 0 Å². The predicted molar refractivity (Wildman–Crippen MR) is 82.7 cm³/mol. The standard InChI is InChI=1S/C15H21N5O4/c1-19(10-11-2-6-17-18-11)12(21)13(22)20-8-4-15(5-9-20)3-7-16-14(23)24-15/h2,6H,3-5,7-10H2,1H3,(H,16,23)(H,17,18). The molecule has 1 aromatic heterocycles. The summed E-state index contributed by atoms with van der Waals surface area (Å²) in [5.74, 6) is -1.07. The number of likely N-dealkylation sites (N-methyl/N-ethyl adjacent to an activating group) is 1. The number of rotatable bonds is 2. The van der Waals surface area contributed by atoms with Crippen LogP contribution in [0.1, 0.15) is 25.0 Å². The predicted octanol–water partition coefficient (Wildman–Crippen LogP) is -0.141. The van der Waals surface area contributed by atoms with E-state index in [-0.39, 0.29) is 0 Å². The molecule has 1 spiro atoms. The van der Waals surface area contributed by atoms with Crippen molar-refractivity contribution in [2.45, 2.75) is 31.4 Å². The molecule has 0 bridgehead atoms. The number of likely N-dealkylation sites (tertiary alicyclic amines) is 1. The number of carbonyl (C=O) groups is 3. The van der Waals surface area contributed by atoms with Gasteiger partial charge in [0.2, 0.25) is 0 Å². The number of alkyl carbamates (subject to hydrolysis) is 1. The number of aromatic nitrogens is 2. The highest BCUT2D eigenvalue weighted by molar-refractivity contribution is 6.34. The van der Waals surface area contributed by atoms with Gasteiger partial charge in [0.25, 0.3) is 0 Å². The van der Waals surface area contributed by atoms with Crippen molar-refractivity contribution in [3.63, 3.8) is 0 Å². The first-order valence-electron chi connectivity index (χ1n) is 7.99. The van der Waals surface area contributed by atoms with Crippen LogP contribution in [0.15, 0.2) is 12.3 Å². The first-order valence-corrected chi connectivity index (χ1v) is 7.99. The summed E-state index contributed by atoms with van der Waals surface area (Å²) in [4.78, 5) is 39.0. The highest BCUT2D eigenvalue weighted by atomic mass is 16.6. The lowest BCUT2D eigenvalue weighted by atomic mass is 9.87. The highest BCUT2D eigenvalue weighted by Crippen LogP contribution is 2.31. The molecular weight excluding hydrogens is 314 g/mol. The second kappa shape index (κ2) is 6.50. The number of nitrogens with zero attached hydrogens (tertiary/aromatic N) is 3. The molecule has 2 aliphatic heterocycles. The van der Waals surface area contributed by atoms with Crippen molar-refractivity contribution in [2.24, 2.45) is 0 Å². The second-order valence-corrected chi connectivity index (χ2v) is 6.28. The molecule has 0 radical (unpaired) electrons. The number of hydrogen-bond acceptors (Lipinski definition) is 5. The summed E-state index contributed by atoms with van der Waals surface area (Å²) in [5, 5.41) is 9.21. The summed E-state index contributed by atoms with van der Waals surface area (Å²) in [6.07, 6.45) is 3.04. The van der Waals surface area contributed by atoms with Gasteiger partial charge in [0.1, 0.15) is 5.60 Å². The minimum Gasteiger partial charge on any atom is -0.443 e. The van der Waals surface area contributed by atoms with Gasteiger partial charge < -0.3 is 19.9 Å². The first-order chi connectivity index (χ1) is 11.5. The average molecular weight is 335 g/mol. The van der Waals surface area contributed by atoms with E-state index >= 15 is 0 Å². The molecule has 3 rings (SSSR count). The zero-order valence-electron chi connectivity index (χ0n) is 13.6. The SMILES string of the molecule is CN(Cc1ccn[nH]1)C(=O)C(=O)N1CCC2(CCNC(=O)O2)CC1. The van der Waals surface area contributed by atoms with E-state index in [4.69, 9.17) is 4.74 Å². The van der Waals surface area contributed by atoms with Crippen LogP contribution in [0.3, 0.4) is 0 Å². The molecule has 0 saturated carbocycles. The number of hydrogen-bond donors (Lipinski definition) is 2. The van der Waals surface area contributed by atoms with Crippen molar-refractivity contribution in [3.05, 3.63) is 18.0 Å². The third kappa shape index (κ3) is 3.34. The van der Waals surface area contributed by atoms with Crippen LogP contribution in [0.25, 0.3) is 0 Å². The highest BCUT2D eigenvalue weighted by Gasteiger charge is 2.42. The van der Waals surface area contributed by atoms with E-state index in [1.165, 1.54) is 9.80 Å². The Morgan fingerprint density at radius 3 is 2.75 bits per heavy atom. The van der Waals surface area contributed by atoms with Crippen LogP contribution in [-0.4, -0.2) is 70.2 Å². The zero-order chi connectivity index (χ0) is 17.2. The van der Waals surface area contributed by atoms with Gasteiger partial charge in [-0.05, 0) is 6.07 Å². The zero-order valence-corrected chi connectivity index (χ0v) is 13.6. The minimum atomic E-state index is -0.553. The van der Waals surface area contributed by atoms with E-state index in [0.717, 1.165) is 12.1 Å². The molecule has 130 valence electrons. The molecule has 3 amide bonds. The number of ether oxygens (including phenoxy) is 1. The van der Waals surface area contributed by atoms with Crippen molar-refractivity contribution >= 4 is 17.9 Å². The van der Waals surface area contributed by atoms with Crippen LogP contribution >= 0.6 is 0 Å². The quantitative estimate of drug-likeness (QED) is 0.732. The molecule has 9 nitrogen and oxygen atoms in total. The van der Waals surface area contributed by atoms with Gasteiger partial charge in [0.05, 0.1) is 12.2 Å². The Labute approximate surface area is 139 Å². The Kier molecular flexibility index (Phi) is 4.41. The van der Waals surface area contributed by atoms with Gasteiger partial charge in [-0.3, -0.25) is 14.7 Å². The fraction of sp³-hybridized carbons (Fsp3) is 0.600. The maximum atomic E-state index is 12.4. The van der Waals surface area contributed by atoms with Crippen LogP contribution in [0.2, 0.25) is 0 Å². The second-order valence-electron chi connectivity index (χ2n) is 6.28. The minimum absolute atomic E-state index is 0.297. The molecule has 1 aromatic rings. The average Bonchev–Trinajstić information content (AvgIpc) is 3.07. The number of aromatic amines is 1. The first kappa shape index (κ1) is 16.3. The summed E-state index contributed by atoms with van der Waals surface area (Å²) >= 11 is 0. The summed E-state index contributed by atoms with van der Waals surface area (Å²) in [6.45, 7) is 1.70. The summed E-state index contributed by atoms with van der Waals surface area (Å²) in [5.41, 5.74) is 0.266. The Balaban J connectivity index is 1.54. The maximum absolute atomic E-state index is 12.4. The Morgan fingerprint density at radius 2 is 2.12 bits per heavy atom. The lowest BCUT2D eigenvalue weighted by Gasteiger charge is -2.43. The largest absolute Gasteiger partial charge is 0.443 e. The molecule has 2 fully saturated rings. The number of nitrogens with one attached hydrogen (secondary N) is 2. The van der Waals surface area contributed by atoms with Gasteiger partial charge in [-0.2, -0.15) is 5.10 Å². The van der Waals surface area contributed by atoms with E-state index in [1.807, 2.05) is 0 Å². The number of amides is 3. The van der Waals surface area contributed by atoms with Gasteiger partial charge in [0.15, 0.2) is 0 Å². The van der Waals surface area contributed by atoms with Gasteiger partial charge in [0, 0.05) is 52.1 Å². The maximum Gasteiger partial charge on any atom is 0.407 e. The summed E-state index contributed by atoms with van der Waals surface area (Å²) in [7, 11) is 1.58. The topological polar surface area (TPSA) is 108 Å². The fourth-order valence-electron chi connectivity index (χ4n) is 3.14. The van der Waals surface area contributed by atoms with E-state index in [9.17, 15) is 14.4 Å². The fourth-order valence-corrected chi connectivity index (χ4v) is 3.14. The molecule has 9 heteroatoms. The van der Waals surface area contributed by atoms with Crippen molar-refractivity contribution in [1.82, 2.24) is 25.3 Å². The normalized spacial score (nSPS) is 19.5. The van der Waals surface area contributed by atoms with Crippen LogP contribution < -0.4 is 5.32 Å². The summed E-state index contributed by atoms with van der Waals surface area (Å²) < 4.78 is 5.43. The molecule has 2 aliphatic rings. The summed E-state index contributed by atoms with van der Waals surface area (Å²) in [6, 6.07) is 1.75. The number of H-pyrrole nitrogens is 1. The molecular formula is C15H21N5O4. The van der Waals surface area contributed by atoms with E-state index in [0.29, 0.717) is 39.0 Å². The number of piperidine rings is 1. The molecule has 0 atom stereocenters. The van der Waals surface area contributed by atoms with Crippen LogP contribution in [0, 0.1) is 0 Å². The molecule has 3 heterocycles. The molecule has 0 unspecified atom stereocenters. The van der Waals surface area contributed by atoms with E-state index in [1.54, 1.807) is 19.3 Å². The lowest BCUT2D eigenvalue weighted by molar-refractivity contribution is -0.154. The van der Waals surface area contributed by atoms with Crippen molar-refractivity contribution in [3.8, 4) is 0 Å². The monoisotopic (exact) mass is 335 g/mol. The van der Waals surface area contributed by atoms with E-state index in [2.05, 4.69) is 15.5 Å². The van der Waals surface area contributed by atoms with Crippen LogP contribution in [0.4, 0.5) is 4.79 Å². The molecule has 2 saturated heterocycles. The van der Waals surface area contributed by atoms with Gasteiger partial charge in [-0.15, -0.1) is 0 Å². The molecule has 24 heavy (non-hydrogen) atoms. The van der Waals surface area contributed by atoms with Crippen LogP contribution in [0.5, 0.6) is 0 Å². The van der Waals surface area contributed by atoms with Crippen LogP contribution in [-0.2, 0) is 20.9 Å².